The number of anilines is 2. The van der Waals surface area contributed by atoms with Gasteiger partial charge in [0.2, 0.25) is 0 Å². The van der Waals surface area contributed by atoms with Gasteiger partial charge in [0.25, 0.3) is 15.9 Å². The fourth-order valence-electron chi connectivity index (χ4n) is 3.44. The molecule has 0 bridgehead atoms. The first-order valence-electron chi connectivity index (χ1n) is 10.4. The van der Waals surface area contributed by atoms with E-state index in [1.54, 1.807) is 47.2 Å². The van der Waals surface area contributed by atoms with E-state index in [0.717, 1.165) is 5.56 Å². The van der Waals surface area contributed by atoms with E-state index < -0.39 is 15.9 Å². The number of phenols is 1. The summed E-state index contributed by atoms with van der Waals surface area (Å²) in [5.41, 5.74) is 1.62. The summed E-state index contributed by atoms with van der Waals surface area (Å²) in [7, 11) is -2.58. The molecule has 4 aromatic rings. The second kappa shape index (κ2) is 9.72. The van der Waals surface area contributed by atoms with Crippen molar-refractivity contribution in [1.29, 1.82) is 0 Å². The van der Waals surface area contributed by atoms with Gasteiger partial charge in [-0.05, 0) is 48.0 Å². The molecule has 0 saturated carbocycles. The smallest absolute Gasteiger partial charge is 0.272 e. The van der Waals surface area contributed by atoms with Crippen molar-refractivity contribution in [3.8, 4) is 11.5 Å². The van der Waals surface area contributed by atoms with Gasteiger partial charge in [-0.2, -0.15) is 0 Å². The minimum atomic E-state index is -4.02. The Kier molecular flexibility index (Phi) is 6.55. The lowest BCUT2D eigenvalue weighted by Crippen LogP contribution is -2.18. The normalized spacial score (nSPS) is 11.1. The molecule has 0 atom stereocenters. The van der Waals surface area contributed by atoms with Gasteiger partial charge in [0.1, 0.15) is 17.2 Å². The number of ether oxygens (including phenoxy) is 1. The molecule has 3 N–H and O–H groups in total. The number of hydrogen-bond acceptors (Lipinski definition) is 5. The third-order valence-electron chi connectivity index (χ3n) is 5.14. The number of phenolic OH excluding ortho intramolecular Hbond substituents is 1. The van der Waals surface area contributed by atoms with Crippen molar-refractivity contribution in [3.05, 3.63) is 102 Å². The summed E-state index contributed by atoms with van der Waals surface area (Å²) in [6.45, 7) is 0.486. The maximum absolute atomic E-state index is 12.9. The molecule has 0 radical (unpaired) electrons. The molecule has 0 spiro atoms. The monoisotopic (exact) mass is 477 g/mol. The van der Waals surface area contributed by atoms with Crippen LogP contribution >= 0.6 is 0 Å². The number of hydrogen-bond donors (Lipinski definition) is 3. The van der Waals surface area contributed by atoms with Crippen molar-refractivity contribution < 1.29 is 23.1 Å². The van der Waals surface area contributed by atoms with Crippen LogP contribution in [-0.4, -0.2) is 31.1 Å². The number of methoxy groups -OCH3 is 1. The molecule has 0 aliphatic rings. The topological polar surface area (TPSA) is 110 Å². The van der Waals surface area contributed by atoms with E-state index in [2.05, 4.69) is 10.0 Å². The van der Waals surface area contributed by atoms with E-state index in [1.807, 2.05) is 30.3 Å². The first-order chi connectivity index (χ1) is 16.4. The van der Waals surface area contributed by atoms with Crippen LogP contribution in [0.15, 0.2) is 96.0 Å². The molecule has 0 saturated heterocycles. The number of nitrogens with one attached hydrogen (secondary N) is 2. The molecule has 1 aromatic heterocycles. The van der Waals surface area contributed by atoms with Gasteiger partial charge < -0.3 is 19.7 Å². The number of amides is 1. The summed E-state index contributed by atoms with van der Waals surface area (Å²) in [5, 5.41) is 12.9. The number of benzene rings is 3. The van der Waals surface area contributed by atoms with Gasteiger partial charge in [-0.15, -0.1) is 0 Å². The van der Waals surface area contributed by atoms with Gasteiger partial charge in [-0.3, -0.25) is 9.52 Å². The average Bonchev–Trinajstić information content (AvgIpc) is 3.29. The number of nitrogens with zero attached hydrogens (tertiary/aromatic N) is 1. The zero-order valence-electron chi connectivity index (χ0n) is 18.3. The Labute approximate surface area is 197 Å². The van der Waals surface area contributed by atoms with E-state index in [-0.39, 0.29) is 22.0 Å². The highest BCUT2D eigenvalue weighted by Gasteiger charge is 2.20. The standard InChI is InChI=1S/C25H23N3O5S/c1-33-24-12-6-5-10-20(24)27-34(31,32)19-13-14-23(29)21(16-19)26-25(30)22-11-7-15-28(22)17-18-8-3-2-4-9-18/h2-16,27,29H,17H2,1H3,(H,26,30). The van der Waals surface area contributed by atoms with Gasteiger partial charge in [0.15, 0.2) is 0 Å². The molecular weight excluding hydrogens is 454 g/mol. The third-order valence-corrected chi connectivity index (χ3v) is 6.50. The maximum Gasteiger partial charge on any atom is 0.272 e. The lowest BCUT2D eigenvalue weighted by atomic mass is 10.2. The zero-order valence-corrected chi connectivity index (χ0v) is 19.1. The number of sulfonamides is 1. The molecule has 0 aliphatic carbocycles. The second-order valence-corrected chi connectivity index (χ2v) is 9.13. The minimum absolute atomic E-state index is 0.0274. The van der Waals surface area contributed by atoms with Gasteiger partial charge in [0.05, 0.1) is 23.4 Å². The summed E-state index contributed by atoms with van der Waals surface area (Å²) in [6, 6.07) is 23.3. The van der Waals surface area contributed by atoms with E-state index in [1.165, 1.54) is 25.3 Å². The summed E-state index contributed by atoms with van der Waals surface area (Å²) in [5.74, 6) is -0.383. The molecule has 8 nitrogen and oxygen atoms in total. The van der Waals surface area contributed by atoms with Crippen molar-refractivity contribution in [2.45, 2.75) is 11.4 Å². The largest absolute Gasteiger partial charge is 0.506 e. The molecule has 0 fully saturated rings. The number of rotatable bonds is 8. The van der Waals surface area contributed by atoms with E-state index in [9.17, 15) is 18.3 Å². The molecule has 1 amide bonds. The molecule has 9 heteroatoms. The second-order valence-electron chi connectivity index (χ2n) is 7.45. The fourth-order valence-corrected chi connectivity index (χ4v) is 4.54. The Morgan fingerprint density at radius 2 is 1.68 bits per heavy atom. The molecule has 3 aromatic carbocycles. The highest BCUT2D eigenvalue weighted by molar-refractivity contribution is 7.92. The summed E-state index contributed by atoms with van der Waals surface area (Å²) in [6.07, 6.45) is 1.78. The quantitative estimate of drug-likeness (QED) is 0.328. The molecule has 1 heterocycles. The van der Waals surface area contributed by atoms with Gasteiger partial charge >= 0.3 is 0 Å². The van der Waals surface area contributed by atoms with E-state index in [4.69, 9.17) is 4.74 Å². The Bertz CT molecular complexity index is 1420. The number of aromatic nitrogens is 1. The summed E-state index contributed by atoms with van der Waals surface area (Å²) >= 11 is 0. The van der Waals surface area contributed by atoms with Gasteiger partial charge in [-0.25, -0.2) is 8.42 Å². The lowest BCUT2D eigenvalue weighted by molar-refractivity contribution is 0.101. The fraction of sp³-hybridized carbons (Fsp3) is 0.0800. The van der Waals surface area contributed by atoms with Crippen LogP contribution in [0, 0.1) is 0 Å². The van der Waals surface area contributed by atoms with Crippen molar-refractivity contribution in [2.24, 2.45) is 0 Å². The van der Waals surface area contributed by atoms with Crippen LogP contribution in [0.3, 0.4) is 0 Å². The zero-order chi connectivity index (χ0) is 24.1. The number of carbonyl (C=O) groups is 1. The summed E-state index contributed by atoms with van der Waals surface area (Å²) < 4.78 is 35.3. The molecule has 4 rings (SSSR count). The van der Waals surface area contributed by atoms with Crippen LogP contribution in [0.5, 0.6) is 11.5 Å². The van der Waals surface area contributed by atoms with E-state index >= 15 is 0 Å². The molecular formula is C25H23N3O5S. The first-order valence-corrected chi connectivity index (χ1v) is 11.8. The maximum atomic E-state index is 12.9. The van der Waals surface area contributed by atoms with Crippen LogP contribution in [0.2, 0.25) is 0 Å². The minimum Gasteiger partial charge on any atom is -0.506 e. The van der Waals surface area contributed by atoms with Crippen LogP contribution in [-0.2, 0) is 16.6 Å². The SMILES string of the molecule is COc1ccccc1NS(=O)(=O)c1ccc(O)c(NC(=O)c2cccn2Cc2ccccc2)c1. The Morgan fingerprint density at radius 3 is 2.44 bits per heavy atom. The van der Waals surface area contributed by atoms with Crippen LogP contribution in [0.1, 0.15) is 16.1 Å². The Morgan fingerprint density at radius 1 is 0.941 bits per heavy atom. The van der Waals surface area contributed by atoms with Crippen LogP contribution < -0.4 is 14.8 Å². The third kappa shape index (κ3) is 5.05. The lowest BCUT2D eigenvalue weighted by Gasteiger charge is -2.14. The van der Waals surface area contributed by atoms with Crippen LogP contribution in [0.25, 0.3) is 0 Å². The van der Waals surface area contributed by atoms with Crippen molar-refractivity contribution in [2.75, 3.05) is 17.1 Å². The van der Waals surface area contributed by atoms with Crippen molar-refractivity contribution in [3.63, 3.8) is 0 Å². The number of carbonyl (C=O) groups excluding carboxylic acids is 1. The first kappa shape index (κ1) is 22.9. The van der Waals surface area contributed by atoms with Gasteiger partial charge in [-0.1, -0.05) is 42.5 Å². The number of aromatic hydroxyl groups is 1. The van der Waals surface area contributed by atoms with Crippen molar-refractivity contribution in [1.82, 2.24) is 4.57 Å². The highest BCUT2D eigenvalue weighted by atomic mass is 32.2. The summed E-state index contributed by atoms with van der Waals surface area (Å²) in [4.78, 5) is 12.8. The van der Waals surface area contributed by atoms with Crippen LogP contribution in [0.4, 0.5) is 11.4 Å². The van der Waals surface area contributed by atoms with Gasteiger partial charge in [0, 0.05) is 12.7 Å². The Balaban J connectivity index is 1.56. The average molecular weight is 478 g/mol. The molecule has 0 aliphatic heterocycles. The molecule has 174 valence electrons. The molecule has 34 heavy (non-hydrogen) atoms. The Hall–Kier alpha value is -4.24. The predicted molar refractivity (Wildman–Crippen MR) is 130 cm³/mol. The highest BCUT2D eigenvalue weighted by Crippen LogP contribution is 2.30. The number of para-hydroxylation sites is 2. The van der Waals surface area contributed by atoms with Crippen molar-refractivity contribution >= 4 is 27.3 Å². The molecule has 0 unspecified atom stereocenters. The predicted octanol–water partition coefficient (Wildman–Crippen LogP) is 4.30. The van der Waals surface area contributed by atoms with E-state index in [0.29, 0.717) is 18.0 Å².